The van der Waals surface area contributed by atoms with Crippen molar-refractivity contribution in [1.29, 1.82) is 0 Å². The van der Waals surface area contributed by atoms with Gasteiger partial charge in [0.15, 0.2) is 0 Å². The number of aryl methyl sites for hydroxylation is 1. The van der Waals surface area contributed by atoms with Gasteiger partial charge in [-0.1, -0.05) is 0 Å². The monoisotopic (exact) mass is 179 g/mol. The summed E-state index contributed by atoms with van der Waals surface area (Å²) >= 11 is 0. The van der Waals surface area contributed by atoms with Gasteiger partial charge in [0.2, 0.25) is 5.91 Å². The highest BCUT2D eigenvalue weighted by Gasteiger charge is 1.93. The molecule has 1 amide bonds. The number of nitrogens with one attached hydrogen (secondary N) is 1. The van der Waals surface area contributed by atoms with Crippen molar-refractivity contribution in [3.05, 3.63) is 24.0 Å². The summed E-state index contributed by atoms with van der Waals surface area (Å²) in [6.45, 7) is 2.53. The molecule has 0 aromatic carbocycles. The summed E-state index contributed by atoms with van der Waals surface area (Å²) in [5.74, 6) is -0.0775. The molecule has 0 aliphatic carbocycles. The van der Waals surface area contributed by atoms with E-state index in [2.05, 4.69) is 10.4 Å². The van der Waals surface area contributed by atoms with Gasteiger partial charge in [0.1, 0.15) is 0 Å². The second-order valence-corrected chi connectivity index (χ2v) is 2.68. The van der Waals surface area contributed by atoms with Gasteiger partial charge in [-0.25, -0.2) is 0 Å². The van der Waals surface area contributed by atoms with Crippen molar-refractivity contribution >= 4 is 12.0 Å². The van der Waals surface area contributed by atoms with E-state index in [9.17, 15) is 4.79 Å². The molecule has 0 saturated heterocycles. The molecule has 4 heteroatoms. The number of likely N-dealkylation sites (N-methyl/N-ethyl adjacent to an activating group) is 1. The summed E-state index contributed by atoms with van der Waals surface area (Å²) in [5, 5.41) is 6.64. The maximum Gasteiger partial charge on any atom is 0.243 e. The van der Waals surface area contributed by atoms with E-state index >= 15 is 0 Å². The van der Waals surface area contributed by atoms with Crippen LogP contribution in [0.25, 0.3) is 6.08 Å². The molecule has 0 spiro atoms. The Bertz CT molecular complexity index is 314. The molecule has 1 rings (SSSR count). The Balaban J connectivity index is 2.53. The topological polar surface area (TPSA) is 46.9 Å². The average Bonchev–Trinajstić information content (AvgIpc) is 2.49. The van der Waals surface area contributed by atoms with Crippen molar-refractivity contribution in [1.82, 2.24) is 15.1 Å². The molecule has 0 atom stereocenters. The molecule has 0 aliphatic rings. The standard InChI is InChI=1S/C9H13N3O/c1-3-10-9(13)5-4-8-6-11-12(2)7-8/h4-7H,3H2,1-2H3,(H,10,13). The van der Waals surface area contributed by atoms with Gasteiger partial charge in [-0.3, -0.25) is 9.48 Å². The van der Waals surface area contributed by atoms with Gasteiger partial charge in [0, 0.05) is 31.4 Å². The lowest BCUT2D eigenvalue weighted by molar-refractivity contribution is -0.116. The van der Waals surface area contributed by atoms with E-state index in [0.717, 1.165) is 5.56 Å². The van der Waals surface area contributed by atoms with Gasteiger partial charge in [-0.15, -0.1) is 0 Å². The van der Waals surface area contributed by atoms with Crippen molar-refractivity contribution in [2.75, 3.05) is 6.54 Å². The highest BCUT2D eigenvalue weighted by Crippen LogP contribution is 1.98. The Hall–Kier alpha value is -1.58. The minimum atomic E-state index is -0.0775. The van der Waals surface area contributed by atoms with E-state index in [1.807, 2.05) is 20.2 Å². The van der Waals surface area contributed by atoms with Crippen LogP contribution in [0.4, 0.5) is 0 Å². The van der Waals surface area contributed by atoms with Gasteiger partial charge in [-0.05, 0) is 13.0 Å². The molecule has 1 aromatic rings. The Morgan fingerprint density at radius 1 is 1.77 bits per heavy atom. The Morgan fingerprint density at radius 3 is 3.08 bits per heavy atom. The zero-order chi connectivity index (χ0) is 9.68. The van der Waals surface area contributed by atoms with Crippen LogP contribution >= 0.6 is 0 Å². The fraction of sp³-hybridized carbons (Fsp3) is 0.333. The van der Waals surface area contributed by atoms with Crippen LogP contribution in [-0.2, 0) is 11.8 Å². The lowest BCUT2D eigenvalue weighted by Crippen LogP contribution is -2.19. The third-order valence-corrected chi connectivity index (χ3v) is 1.50. The number of carbonyl (C=O) groups excluding carboxylic acids is 1. The van der Waals surface area contributed by atoms with Crippen LogP contribution in [0.5, 0.6) is 0 Å². The zero-order valence-corrected chi connectivity index (χ0v) is 7.82. The predicted octanol–water partition coefficient (Wildman–Crippen LogP) is 0.569. The van der Waals surface area contributed by atoms with Crippen LogP contribution in [-0.4, -0.2) is 22.2 Å². The molecule has 70 valence electrons. The first-order valence-electron chi connectivity index (χ1n) is 4.17. The summed E-state index contributed by atoms with van der Waals surface area (Å²) in [5.41, 5.74) is 0.925. The highest BCUT2D eigenvalue weighted by atomic mass is 16.1. The van der Waals surface area contributed by atoms with Gasteiger partial charge in [0.05, 0.1) is 6.20 Å². The normalized spacial score (nSPS) is 10.6. The third kappa shape index (κ3) is 3.11. The Labute approximate surface area is 77.3 Å². The van der Waals surface area contributed by atoms with Crippen LogP contribution in [0.2, 0.25) is 0 Å². The van der Waals surface area contributed by atoms with E-state index in [1.165, 1.54) is 6.08 Å². The van der Waals surface area contributed by atoms with E-state index < -0.39 is 0 Å². The zero-order valence-electron chi connectivity index (χ0n) is 7.82. The quantitative estimate of drug-likeness (QED) is 0.689. The van der Waals surface area contributed by atoms with Crippen LogP contribution in [0.3, 0.4) is 0 Å². The van der Waals surface area contributed by atoms with Crippen LogP contribution < -0.4 is 5.32 Å². The van der Waals surface area contributed by atoms with Crippen LogP contribution in [0.1, 0.15) is 12.5 Å². The number of hydrogen-bond donors (Lipinski definition) is 1. The van der Waals surface area contributed by atoms with Crippen molar-refractivity contribution in [3.63, 3.8) is 0 Å². The summed E-state index contributed by atoms with van der Waals surface area (Å²) in [4.78, 5) is 11.0. The largest absolute Gasteiger partial charge is 0.353 e. The molecule has 0 fully saturated rings. The summed E-state index contributed by atoms with van der Waals surface area (Å²) in [7, 11) is 1.84. The van der Waals surface area contributed by atoms with Crippen LogP contribution in [0.15, 0.2) is 18.5 Å². The van der Waals surface area contributed by atoms with Crippen molar-refractivity contribution in [2.24, 2.45) is 7.05 Å². The molecule has 0 bridgehead atoms. The minimum absolute atomic E-state index is 0.0775. The fourth-order valence-electron chi connectivity index (χ4n) is 0.931. The van der Waals surface area contributed by atoms with Crippen molar-refractivity contribution < 1.29 is 4.79 Å². The molecule has 1 aromatic heterocycles. The molecule has 1 heterocycles. The second-order valence-electron chi connectivity index (χ2n) is 2.68. The molecule has 0 saturated carbocycles. The first-order valence-corrected chi connectivity index (χ1v) is 4.17. The third-order valence-electron chi connectivity index (χ3n) is 1.50. The van der Waals surface area contributed by atoms with Gasteiger partial charge in [0.25, 0.3) is 0 Å². The van der Waals surface area contributed by atoms with Gasteiger partial charge in [-0.2, -0.15) is 5.10 Å². The maximum atomic E-state index is 11.0. The number of rotatable bonds is 3. The summed E-state index contributed by atoms with van der Waals surface area (Å²) < 4.78 is 1.69. The number of nitrogens with zero attached hydrogens (tertiary/aromatic N) is 2. The summed E-state index contributed by atoms with van der Waals surface area (Å²) in [6.07, 6.45) is 6.78. The molecular formula is C9H13N3O. The van der Waals surface area contributed by atoms with Crippen LogP contribution in [0, 0.1) is 0 Å². The molecule has 4 nitrogen and oxygen atoms in total. The fourth-order valence-corrected chi connectivity index (χ4v) is 0.931. The van der Waals surface area contributed by atoms with E-state index in [4.69, 9.17) is 0 Å². The van der Waals surface area contributed by atoms with E-state index in [-0.39, 0.29) is 5.91 Å². The maximum absolute atomic E-state index is 11.0. The van der Waals surface area contributed by atoms with E-state index in [1.54, 1.807) is 17.0 Å². The average molecular weight is 179 g/mol. The van der Waals surface area contributed by atoms with Crippen molar-refractivity contribution in [3.8, 4) is 0 Å². The minimum Gasteiger partial charge on any atom is -0.353 e. The Kier molecular flexibility index (Phi) is 3.25. The lowest BCUT2D eigenvalue weighted by atomic mass is 10.3. The molecule has 0 aliphatic heterocycles. The number of carbonyl (C=O) groups is 1. The SMILES string of the molecule is CCNC(=O)C=Cc1cnn(C)c1. The lowest BCUT2D eigenvalue weighted by Gasteiger charge is -1.92. The smallest absolute Gasteiger partial charge is 0.243 e. The van der Waals surface area contributed by atoms with Gasteiger partial charge >= 0.3 is 0 Å². The molecule has 1 N–H and O–H groups in total. The van der Waals surface area contributed by atoms with Gasteiger partial charge < -0.3 is 5.32 Å². The number of aromatic nitrogens is 2. The molecular weight excluding hydrogens is 166 g/mol. The summed E-state index contributed by atoms with van der Waals surface area (Å²) in [6, 6.07) is 0. The first-order chi connectivity index (χ1) is 6.22. The van der Waals surface area contributed by atoms with E-state index in [0.29, 0.717) is 6.54 Å². The predicted molar refractivity (Wildman–Crippen MR) is 50.9 cm³/mol. The Morgan fingerprint density at radius 2 is 2.54 bits per heavy atom. The molecule has 0 radical (unpaired) electrons. The molecule has 0 unspecified atom stereocenters. The number of hydrogen-bond acceptors (Lipinski definition) is 2. The second kappa shape index (κ2) is 4.45. The first kappa shape index (κ1) is 9.51. The van der Waals surface area contributed by atoms with Crippen molar-refractivity contribution in [2.45, 2.75) is 6.92 Å². The number of amides is 1. The molecule has 13 heavy (non-hydrogen) atoms. The highest BCUT2D eigenvalue weighted by molar-refractivity contribution is 5.91.